The third kappa shape index (κ3) is 4.19. The van der Waals surface area contributed by atoms with E-state index in [-0.39, 0.29) is 5.92 Å². The van der Waals surface area contributed by atoms with E-state index in [9.17, 15) is 4.79 Å². The number of likely N-dealkylation sites (tertiary alicyclic amines) is 1. The van der Waals surface area contributed by atoms with E-state index in [4.69, 9.17) is 0 Å². The number of pyridine rings is 1. The molecular weight excluding hydrogens is 306 g/mol. The Labute approximate surface area is 143 Å². The zero-order chi connectivity index (χ0) is 16.1. The summed E-state index contributed by atoms with van der Waals surface area (Å²) in [5.74, 6) is 2.69. The Morgan fingerprint density at radius 1 is 1.17 bits per heavy atom. The van der Waals surface area contributed by atoms with Gasteiger partial charge in [0.15, 0.2) is 0 Å². The van der Waals surface area contributed by atoms with Crippen LogP contribution in [0.3, 0.4) is 0 Å². The van der Waals surface area contributed by atoms with Crippen LogP contribution < -0.4 is 4.90 Å². The summed E-state index contributed by atoms with van der Waals surface area (Å²) in [6.07, 6.45) is 9.65. The van der Waals surface area contributed by atoms with Crippen molar-refractivity contribution in [2.75, 3.05) is 37.3 Å². The zero-order valence-corrected chi connectivity index (χ0v) is 14.9. The van der Waals surface area contributed by atoms with Crippen molar-refractivity contribution >= 4 is 23.5 Å². The Morgan fingerprint density at radius 3 is 2.52 bits per heavy atom. The first-order valence-corrected chi connectivity index (χ1v) is 10.1. The number of anilines is 1. The van der Waals surface area contributed by atoms with E-state index in [2.05, 4.69) is 33.2 Å². The SMILES string of the molecule is CSCc1ccc(N2CCC(C(=O)N3CCCCC3)CC2)nc1. The molecule has 5 heteroatoms. The Balaban J connectivity index is 1.52. The maximum absolute atomic E-state index is 12.6. The highest BCUT2D eigenvalue weighted by molar-refractivity contribution is 7.97. The molecule has 0 bridgehead atoms. The second kappa shape index (κ2) is 8.04. The van der Waals surface area contributed by atoms with Gasteiger partial charge in [0.05, 0.1) is 0 Å². The van der Waals surface area contributed by atoms with Gasteiger partial charge in [-0.2, -0.15) is 11.8 Å². The summed E-state index contributed by atoms with van der Waals surface area (Å²) in [5.41, 5.74) is 1.27. The predicted octanol–water partition coefficient (Wildman–Crippen LogP) is 3.17. The van der Waals surface area contributed by atoms with Crippen molar-refractivity contribution in [1.29, 1.82) is 0 Å². The summed E-state index contributed by atoms with van der Waals surface area (Å²) < 4.78 is 0. The van der Waals surface area contributed by atoms with Gasteiger partial charge in [-0.3, -0.25) is 4.79 Å². The molecule has 2 saturated heterocycles. The summed E-state index contributed by atoms with van der Waals surface area (Å²) in [7, 11) is 0. The minimum absolute atomic E-state index is 0.222. The maximum Gasteiger partial charge on any atom is 0.225 e. The molecule has 3 heterocycles. The first-order valence-electron chi connectivity index (χ1n) is 8.75. The maximum atomic E-state index is 12.6. The molecular formula is C18H27N3OS. The second-order valence-electron chi connectivity index (χ2n) is 6.60. The number of hydrogen-bond acceptors (Lipinski definition) is 4. The number of hydrogen-bond donors (Lipinski definition) is 0. The number of carbonyl (C=O) groups excluding carboxylic acids is 1. The standard InChI is InChI=1S/C18H27N3OS/c1-23-14-15-5-6-17(19-13-15)20-11-7-16(8-12-20)18(22)21-9-3-2-4-10-21/h5-6,13,16H,2-4,7-12,14H2,1H3. The van der Waals surface area contributed by atoms with E-state index in [0.717, 1.165) is 50.6 Å². The quantitative estimate of drug-likeness (QED) is 0.848. The molecule has 0 saturated carbocycles. The number of rotatable bonds is 4. The number of thioether (sulfide) groups is 1. The average Bonchev–Trinajstić information content (AvgIpc) is 2.63. The van der Waals surface area contributed by atoms with Crippen LogP contribution >= 0.6 is 11.8 Å². The van der Waals surface area contributed by atoms with Crippen LogP contribution in [-0.2, 0) is 10.5 Å². The van der Waals surface area contributed by atoms with Gasteiger partial charge in [-0.25, -0.2) is 4.98 Å². The molecule has 0 spiro atoms. The van der Waals surface area contributed by atoms with Crippen molar-refractivity contribution in [3.8, 4) is 0 Å². The van der Waals surface area contributed by atoms with Gasteiger partial charge in [-0.1, -0.05) is 6.07 Å². The molecule has 0 radical (unpaired) electrons. The lowest BCUT2D eigenvalue weighted by Gasteiger charge is -2.36. The molecule has 3 rings (SSSR count). The van der Waals surface area contributed by atoms with E-state index >= 15 is 0 Å². The molecule has 2 fully saturated rings. The molecule has 23 heavy (non-hydrogen) atoms. The lowest BCUT2D eigenvalue weighted by molar-refractivity contribution is -0.137. The molecule has 2 aliphatic heterocycles. The Bertz CT molecular complexity index is 506. The number of nitrogens with zero attached hydrogens (tertiary/aromatic N) is 3. The van der Waals surface area contributed by atoms with Gasteiger partial charge in [-0.05, 0) is 50.0 Å². The highest BCUT2D eigenvalue weighted by Crippen LogP contribution is 2.25. The summed E-state index contributed by atoms with van der Waals surface area (Å²) in [6, 6.07) is 4.29. The fourth-order valence-electron chi connectivity index (χ4n) is 3.58. The van der Waals surface area contributed by atoms with Gasteiger partial charge in [0, 0.05) is 44.0 Å². The molecule has 1 aromatic heterocycles. The molecule has 0 aliphatic carbocycles. The monoisotopic (exact) mass is 333 g/mol. The fraction of sp³-hybridized carbons (Fsp3) is 0.667. The van der Waals surface area contributed by atoms with Gasteiger partial charge >= 0.3 is 0 Å². The highest BCUT2D eigenvalue weighted by Gasteiger charge is 2.29. The van der Waals surface area contributed by atoms with Crippen LogP contribution in [0.2, 0.25) is 0 Å². The lowest BCUT2D eigenvalue weighted by Crippen LogP contribution is -2.44. The van der Waals surface area contributed by atoms with Crippen LogP contribution in [0.1, 0.15) is 37.7 Å². The van der Waals surface area contributed by atoms with Crippen LogP contribution in [0.5, 0.6) is 0 Å². The molecule has 1 aromatic rings. The second-order valence-corrected chi connectivity index (χ2v) is 7.47. The Kier molecular flexibility index (Phi) is 5.81. The topological polar surface area (TPSA) is 36.4 Å². The average molecular weight is 334 g/mol. The van der Waals surface area contributed by atoms with Crippen LogP contribution in [-0.4, -0.2) is 48.2 Å². The third-order valence-corrected chi connectivity index (χ3v) is 5.58. The van der Waals surface area contributed by atoms with Gasteiger partial charge in [0.2, 0.25) is 5.91 Å². The van der Waals surface area contributed by atoms with Crippen molar-refractivity contribution in [2.45, 2.75) is 37.9 Å². The highest BCUT2D eigenvalue weighted by atomic mass is 32.2. The van der Waals surface area contributed by atoms with Crippen molar-refractivity contribution in [3.05, 3.63) is 23.9 Å². The van der Waals surface area contributed by atoms with Crippen molar-refractivity contribution in [1.82, 2.24) is 9.88 Å². The van der Waals surface area contributed by atoms with E-state index in [0.29, 0.717) is 5.91 Å². The molecule has 2 aliphatic rings. The molecule has 1 amide bonds. The van der Waals surface area contributed by atoms with Gasteiger partial charge in [-0.15, -0.1) is 0 Å². The van der Waals surface area contributed by atoms with E-state index < -0.39 is 0 Å². The van der Waals surface area contributed by atoms with E-state index in [1.807, 2.05) is 18.0 Å². The first-order chi connectivity index (χ1) is 11.3. The molecule has 0 aromatic carbocycles. The largest absolute Gasteiger partial charge is 0.357 e. The summed E-state index contributed by atoms with van der Waals surface area (Å²) in [6.45, 7) is 3.83. The first kappa shape index (κ1) is 16.6. The minimum atomic E-state index is 0.222. The number of carbonyl (C=O) groups is 1. The van der Waals surface area contributed by atoms with Gasteiger partial charge in [0.25, 0.3) is 0 Å². The fourth-order valence-corrected chi connectivity index (χ4v) is 4.09. The van der Waals surface area contributed by atoms with Gasteiger partial charge in [0.1, 0.15) is 5.82 Å². The molecule has 0 atom stereocenters. The minimum Gasteiger partial charge on any atom is -0.357 e. The molecule has 0 N–H and O–H groups in total. The molecule has 0 unspecified atom stereocenters. The number of amides is 1. The van der Waals surface area contributed by atoms with Gasteiger partial charge < -0.3 is 9.80 Å². The molecule has 126 valence electrons. The third-order valence-electron chi connectivity index (χ3n) is 4.96. The smallest absolute Gasteiger partial charge is 0.225 e. The van der Waals surface area contributed by atoms with Crippen molar-refractivity contribution in [2.24, 2.45) is 5.92 Å². The van der Waals surface area contributed by atoms with Crippen LogP contribution in [0.4, 0.5) is 5.82 Å². The summed E-state index contributed by atoms with van der Waals surface area (Å²) in [4.78, 5) is 21.6. The van der Waals surface area contributed by atoms with Crippen LogP contribution in [0, 0.1) is 5.92 Å². The Morgan fingerprint density at radius 2 is 1.91 bits per heavy atom. The zero-order valence-electron chi connectivity index (χ0n) is 14.0. The number of aromatic nitrogens is 1. The van der Waals surface area contributed by atoms with Crippen molar-refractivity contribution in [3.63, 3.8) is 0 Å². The normalized spacial score (nSPS) is 19.9. The van der Waals surface area contributed by atoms with Crippen LogP contribution in [0.25, 0.3) is 0 Å². The summed E-state index contributed by atoms with van der Waals surface area (Å²) >= 11 is 1.82. The summed E-state index contributed by atoms with van der Waals surface area (Å²) in [5, 5.41) is 0. The molecule has 4 nitrogen and oxygen atoms in total. The van der Waals surface area contributed by atoms with Crippen LogP contribution in [0.15, 0.2) is 18.3 Å². The predicted molar refractivity (Wildman–Crippen MR) is 96.8 cm³/mol. The number of piperidine rings is 2. The van der Waals surface area contributed by atoms with E-state index in [1.54, 1.807) is 0 Å². The van der Waals surface area contributed by atoms with Crippen molar-refractivity contribution < 1.29 is 4.79 Å². The Hall–Kier alpha value is -1.23. The van der Waals surface area contributed by atoms with E-state index in [1.165, 1.54) is 24.8 Å². The lowest BCUT2D eigenvalue weighted by atomic mass is 9.94.